The molecular formula is C9H14FN. The normalized spacial score (nSPS) is 37.0. The topological polar surface area (TPSA) is 23.8 Å². The highest BCUT2D eigenvalue weighted by molar-refractivity contribution is 5.03. The zero-order valence-corrected chi connectivity index (χ0v) is 6.94. The Morgan fingerprint density at radius 1 is 1.73 bits per heavy atom. The van der Waals surface area contributed by atoms with Gasteiger partial charge in [0.25, 0.3) is 0 Å². The Morgan fingerprint density at radius 2 is 2.45 bits per heavy atom. The van der Waals surface area contributed by atoms with E-state index in [1.807, 2.05) is 0 Å². The van der Waals surface area contributed by atoms with E-state index in [0.29, 0.717) is 12.3 Å². The molecule has 0 radical (unpaired) electrons. The van der Waals surface area contributed by atoms with Gasteiger partial charge >= 0.3 is 0 Å². The lowest BCUT2D eigenvalue weighted by molar-refractivity contribution is 0.309. The first-order valence-electron chi connectivity index (χ1n) is 4.20. The third kappa shape index (κ3) is 1.71. The quantitative estimate of drug-likeness (QED) is 0.601. The van der Waals surface area contributed by atoms with Crippen molar-refractivity contribution in [3.8, 4) is 6.07 Å². The van der Waals surface area contributed by atoms with E-state index in [0.717, 1.165) is 19.3 Å². The molecule has 1 aliphatic carbocycles. The Bertz CT molecular complexity index is 169. The molecule has 1 saturated carbocycles. The fraction of sp³-hybridized carbons (Fsp3) is 0.889. The predicted molar refractivity (Wildman–Crippen MR) is 41.7 cm³/mol. The first-order valence-corrected chi connectivity index (χ1v) is 4.20. The van der Waals surface area contributed by atoms with Crippen molar-refractivity contribution in [1.82, 2.24) is 0 Å². The molecule has 2 heteroatoms. The molecule has 62 valence electrons. The highest BCUT2D eigenvalue weighted by atomic mass is 19.1. The van der Waals surface area contributed by atoms with Gasteiger partial charge in [0.15, 0.2) is 0 Å². The zero-order chi connectivity index (χ0) is 8.32. The molecule has 1 fully saturated rings. The smallest absolute Gasteiger partial charge is 0.0909 e. The van der Waals surface area contributed by atoms with Crippen molar-refractivity contribution in [2.45, 2.75) is 32.6 Å². The minimum Gasteiger partial charge on any atom is -0.251 e. The maximum atomic E-state index is 12.1. The van der Waals surface area contributed by atoms with Crippen molar-refractivity contribution < 1.29 is 4.39 Å². The minimum absolute atomic E-state index is 0.311. The molecular weight excluding hydrogens is 141 g/mol. The molecule has 0 aliphatic heterocycles. The van der Waals surface area contributed by atoms with E-state index in [2.05, 4.69) is 13.0 Å². The highest BCUT2D eigenvalue weighted by Crippen LogP contribution is 2.43. The molecule has 0 spiro atoms. The van der Waals surface area contributed by atoms with Crippen LogP contribution in [0.4, 0.5) is 4.39 Å². The Labute approximate surface area is 67.2 Å². The number of hydrogen-bond acceptors (Lipinski definition) is 1. The molecule has 0 heterocycles. The van der Waals surface area contributed by atoms with Crippen LogP contribution in [-0.2, 0) is 0 Å². The van der Waals surface area contributed by atoms with Gasteiger partial charge in [0, 0.05) is 0 Å². The molecule has 0 aromatic rings. The van der Waals surface area contributed by atoms with Crippen LogP contribution in [0.3, 0.4) is 0 Å². The van der Waals surface area contributed by atoms with Crippen LogP contribution in [0.2, 0.25) is 0 Å². The number of alkyl halides is 1. The summed E-state index contributed by atoms with van der Waals surface area (Å²) in [5.41, 5.74) is -0.311. The van der Waals surface area contributed by atoms with Crippen LogP contribution >= 0.6 is 0 Å². The van der Waals surface area contributed by atoms with Gasteiger partial charge in [0.2, 0.25) is 0 Å². The second kappa shape index (κ2) is 3.21. The number of nitriles is 1. The van der Waals surface area contributed by atoms with Gasteiger partial charge in [0.05, 0.1) is 18.2 Å². The third-order valence-electron chi connectivity index (χ3n) is 2.67. The van der Waals surface area contributed by atoms with Crippen LogP contribution in [0.1, 0.15) is 32.6 Å². The fourth-order valence-electron chi connectivity index (χ4n) is 1.96. The van der Waals surface area contributed by atoms with Crippen LogP contribution in [0, 0.1) is 22.7 Å². The first kappa shape index (κ1) is 8.52. The molecule has 1 rings (SSSR count). The molecule has 0 bridgehead atoms. The predicted octanol–water partition coefficient (Wildman–Crippen LogP) is 2.68. The van der Waals surface area contributed by atoms with Gasteiger partial charge < -0.3 is 0 Å². The maximum Gasteiger partial charge on any atom is 0.0909 e. The molecule has 0 saturated heterocycles. The lowest BCUT2D eigenvalue weighted by Gasteiger charge is -2.17. The highest BCUT2D eigenvalue weighted by Gasteiger charge is 2.37. The Hall–Kier alpha value is -0.580. The van der Waals surface area contributed by atoms with Gasteiger partial charge in [-0.15, -0.1) is 0 Å². The van der Waals surface area contributed by atoms with Crippen molar-refractivity contribution in [2.75, 3.05) is 6.67 Å². The number of nitrogens with zero attached hydrogens (tertiary/aromatic N) is 1. The molecule has 11 heavy (non-hydrogen) atoms. The summed E-state index contributed by atoms with van der Waals surface area (Å²) in [7, 11) is 0. The van der Waals surface area contributed by atoms with E-state index < -0.39 is 0 Å². The summed E-state index contributed by atoms with van der Waals surface area (Å²) in [6.07, 6.45) is 3.32. The van der Waals surface area contributed by atoms with E-state index in [4.69, 9.17) is 5.26 Å². The molecule has 0 amide bonds. The second-order valence-corrected chi connectivity index (χ2v) is 3.68. The summed E-state index contributed by atoms with van der Waals surface area (Å²) in [6.45, 7) is 1.79. The Balaban J connectivity index is 2.57. The molecule has 2 atom stereocenters. The molecule has 2 unspecified atom stereocenters. The molecule has 0 N–H and O–H groups in total. The lowest BCUT2D eigenvalue weighted by Crippen LogP contribution is -2.14. The summed E-state index contributed by atoms with van der Waals surface area (Å²) in [5.74, 6) is 0.612. The van der Waals surface area contributed by atoms with Crippen LogP contribution in [0.5, 0.6) is 0 Å². The lowest BCUT2D eigenvalue weighted by atomic mass is 9.84. The molecule has 0 aromatic carbocycles. The van der Waals surface area contributed by atoms with E-state index in [9.17, 15) is 4.39 Å². The van der Waals surface area contributed by atoms with Crippen LogP contribution in [0.25, 0.3) is 0 Å². The average Bonchev–Trinajstić information content (AvgIpc) is 2.34. The van der Waals surface area contributed by atoms with Crippen molar-refractivity contribution >= 4 is 0 Å². The van der Waals surface area contributed by atoms with Gasteiger partial charge in [-0.1, -0.05) is 6.92 Å². The first-order chi connectivity index (χ1) is 5.22. The van der Waals surface area contributed by atoms with Crippen molar-refractivity contribution in [2.24, 2.45) is 11.3 Å². The van der Waals surface area contributed by atoms with Gasteiger partial charge in [-0.2, -0.15) is 5.26 Å². The second-order valence-electron chi connectivity index (χ2n) is 3.68. The zero-order valence-electron chi connectivity index (χ0n) is 6.94. The van der Waals surface area contributed by atoms with Crippen molar-refractivity contribution in [3.05, 3.63) is 0 Å². The molecule has 1 aliphatic rings. The van der Waals surface area contributed by atoms with Gasteiger partial charge in [-0.3, -0.25) is 4.39 Å². The van der Waals surface area contributed by atoms with E-state index in [-0.39, 0.29) is 12.1 Å². The largest absolute Gasteiger partial charge is 0.251 e. The molecule has 1 nitrogen and oxygen atoms in total. The summed E-state index contributed by atoms with van der Waals surface area (Å²) in [4.78, 5) is 0. The van der Waals surface area contributed by atoms with Crippen LogP contribution in [-0.4, -0.2) is 6.67 Å². The summed E-state index contributed by atoms with van der Waals surface area (Å²) >= 11 is 0. The van der Waals surface area contributed by atoms with E-state index in [1.54, 1.807) is 0 Å². The fourth-order valence-corrected chi connectivity index (χ4v) is 1.96. The summed E-state index contributed by atoms with van der Waals surface area (Å²) < 4.78 is 12.1. The summed E-state index contributed by atoms with van der Waals surface area (Å²) in [6, 6.07) is 2.27. The molecule has 0 aromatic heterocycles. The summed E-state index contributed by atoms with van der Waals surface area (Å²) in [5, 5.41) is 8.85. The van der Waals surface area contributed by atoms with Gasteiger partial charge in [-0.25, -0.2) is 0 Å². The maximum absolute atomic E-state index is 12.1. The standard InChI is InChI=1S/C9H14FN/c1-8-2-3-9(6-8,7-11)4-5-10/h8H,2-6H2,1H3. The van der Waals surface area contributed by atoms with E-state index in [1.165, 1.54) is 0 Å². The SMILES string of the molecule is CC1CCC(C#N)(CCF)C1. The van der Waals surface area contributed by atoms with Gasteiger partial charge in [0.1, 0.15) is 0 Å². The number of rotatable bonds is 2. The van der Waals surface area contributed by atoms with Crippen molar-refractivity contribution in [1.29, 1.82) is 5.26 Å². The minimum atomic E-state index is -0.347. The van der Waals surface area contributed by atoms with E-state index >= 15 is 0 Å². The van der Waals surface area contributed by atoms with Crippen LogP contribution < -0.4 is 0 Å². The monoisotopic (exact) mass is 155 g/mol. The third-order valence-corrected chi connectivity index (χ3v) is 2.67. The van der Waals surface area contributed by atoms with Crippen LogP contribution in [0.15, 0.2) is 0 Å². The number of halogens is 1. The Morgan fingerprint density at radius 3 is 2.82 bits per heavy atom. The van der Waals surface area contributed by atoms with Gasteiger partial charge in [-0.05, 0) is 31.6 Å². The number of hydrogen-bond donors (Lipinski definition) is 0. The average molecular weight is 155 g/mol. The Kier molecular flexibility index (Phi) is 2.49. The van der Waals surface area contributed by atoms with Crippen molar-refractivity contribution in [3.63, 3.8) is 0 Å².